The van der Waals surface area contributed by atoms with Gasteiger partial charge in [0.2, 0.25) is 5.91 Å². The maximum atomic E-state index is 13.9. The molecule has 4 atom stereocenters. The van der Waals surface area contributed by atoms with Gasteiger partial charge in [0.1, 0.15) is 0 Å². The summed E-state index contributed by atoms with van der Waals surface area (Å²) in [7, 11) is 3.67. The SMILES string of the molecule is CO[C@H]1CN([C@H]2C[C@@H](CO[C@H]3CC[C@H](C(=O)O)CC3)N(C(=O)Cc3ccc(NC(=O)c4cn(C)c5ccccc45)c(Cl)c3)C2)C[C@H]1C. The molecule has 0 radical (unpaired) electrons. The van der Waals surface area contributed by atoms with E-state index in [1.165, 1.54) is 0 Å². The van der Waals surface area contributed by atoms with E-state index >= 15 is 0 Å². The number of halogens is 1. The number of methoxy groups -OCH3 is 1. The molecule has 0 spiro atoms. The number of carboxylic acid groups (broad SMARTS) is 1. The van der Waals surface area contributed by atoms with Crippen LogP contribution in [0.15, 0.2) is 48.7 Å². The number of para-hydroxylation sites is 1. The normalized spacial score (nSPS) is 26.6. The van der Waals surface area contributed by atoms with Crippen LogP contribution in [0, 0.1) is 11.8 Å². The maximum absolute atomic E-state index is 13.9. The molecule has 2 saturated heterocycles. The Morgan fingerprint density at radius 2 is 1.81 bits per heavy atom. The van der Waals surface area contributed by atoms with Crippen molar-refractivity contribution in [1.29, 1.82) is 0 Å². The summed E-state index contributed by atoms with van der Waals surface area (Å²) in [5.41, 5.74) is 2.79. The molecule has 2 aliphatic heterocycles. The summed E-state index contributed by atoms with van der Waals surface area (Å²) >= 11 is 6.65. The van der Waals surface area contributed by atoms with Crippen molar-refractivity contribution in [2.24, 2.45) is 18.9 Å². The molecular weight excluding hydrogens is 620 g/mol. The van der Waals surface area contributed by atoms with Gasteiger partial charge in [-0.05, 0) is 61.8 Å². The van der Waals surface area contributed by atoms with Gasteiger partial charge in [0.15, 0.2) is 0 Å². The molecule has 3 aromatic rings. The van der Waals surface area contributed by atoms with Crippen molar-refractivity contribution in [2.45, 2.75) is 69.7 Å². The van der Waals surface area contributed by atoms with Gasteiger partial charge in [-0.25, -0.2) is 0 Å². The van der Waals surface area contributed by atoms with Crippen molar-refractivity contribution in [3.8, 4) is 0 Å². The first-order valence-electron chi connectivity index (χ1n) is 16.7. The average molecular weight is 665 g/mol. The third-order valence-electron chi connectivity index (χ3n) is 10.4. The largest absolute Gasteiger partial charge is 0.481 e. The number of aliphatic carboxylic acids is 1. The topological polar surface area (TPSA) is 113 Å². The van der Waals surface area contributed by atoms with Gasteiger partial charge >= 0.3 is 5.97 Å². The highest BCUT2D eigenvalue weighted by Gasteiger charge is 2.42. The first kappa shape index (κ1) is 33.5. The minimum atomic E-state index is -0.728. The highest BCUT2D eigenvalue weighted by Crippen LogP contribution is 2.32. The Morgan fingerprint density at radius 1 is 1.04 bits per heavy atom. The van der Waals surface area contributed by atoms with Gasteiger partial charge in [-0.3, -0.25) is 19.3 Å². The number of ether oxygens (including phenoxy) is 2. The van der Waals surface area contributed by atoms with Crippen molar-refractivity contribution < 1.29 is 29.0 Å². The van der Waals surface area contributed by atoms with Crippen molar-refractivity contribution in [3.63, 3.8) is 0 Å². The Kier molecular flexibility index (Phi) is 10.2. The van der Waals surface area contributed by atoms with Gasteiger partial charge in [0, 0.05) is 56.9 Å². The zero-order valence-electron chi connectivity index (χ0n) is 27.4. The average Bonchev–Trinajstić information content (AvgIpc) is 3.76. The summed E-state index contributed by atoms with van der Waals surface area (Å²) in [5, 5.41) is 13.5. The molecule has 47 heavy (non-hydrogen) atoms. The van der Waals surface area contributed by atoms with Gasteiger partial charge < -0.3 is 29.4 Å². The van der Waals surface area contributed by atoms with Crippen LogP contribution in [-0.4, -0.2) is 94.9 Å². The summed E-state index contributed by atoms with van der Waals surface area (Å²) in [6.45, 7) is 5.03. The Morgan fingerprint density at radius 3 is 2.51 bits per heavy atom. The molecule has 1 aromatic heterocycles. The summed E-state index contributed by atoms with van der Waals surface area (Å²) in [4.78, 5) is 42.9. The second-order valence-corrected chi connectivity index (χ2v) is 14.0. The number of aromatic nitrogens is 1. The number of amides is 2. The van der Waals surface area contributed by atoms with E-state index in [-0.39, 0.29) is 48.4 Å². The van der Waals surface area contributed by atoms with Crippen molar-refractivity contribution >= 4 is 46.0 Å². The number of hydrogen-bond donors (Lipinski definition) is 2. The van der Waals surface area contributed by atoms with Crippen molar-refractivity contribution in [2.75, 3.05) is 38.7 Å². The first-order chi connectivity index (χ1) is 22.6. The van der Waals surface area contributed by atoms with Crippen LogP contribution in [0.1, 0.15) is 54.9 Å². The van der Waals surface area contributed by atoms with Gasteiger partial charge in [0.05, 0.1) is 53.5 Å². The third-order valence-corrected chi connectivity index (χ3v) is 10.7. The van der Waals surface area contributed by atoms with Crippen LogP contribution in [0.5, 0.6) is 0 Å². The molecule has 0 bridgehead atoms. The number of nitrogens with one attached hydrogen (secondary N) is 1. The van der Waals surface area contributed by atoms with Gasteiger partial charge in [0.25, 0.3) is 5.91 Å². The minimum Gasteiger partial charge on any atom is -0.481 e. The molecule has 1 aliphatic carbocycles. The Bertz CT molecular complexity index is 1620. The second kappa shape index (κ2) is 14.4. The number of nitrogens with zero attached hydrogens (tertiary/aromatic N) is 3. The number of aryl methyl sites for hydroxylation is 1. The van der Waals surface area contributed by atoms with Gasteiger partial charge in [-0.2, -0.15) is 0 Å². The van der Waals surface area contributed by atoms with E-state index in [0.29, 0.717) is 48.2 Å². The fourth-order valence-electron chi connectivity index (χ4n) is 7.68. The molecule has 2 aromatic carbocycles. The van der Waals surface area contributed by atoms with Crippen LogP contribution >= 0.6 is 11.6 Å². The Labute approximate surface area is 280 Å². The number of benzene rings is 2. The monoisotopic (exact) mass is 664 g/mol. The molecule has 10 nitrogen and oxygen atoms in total. The molecule has 3 fully saturated rings. The smallest absolute Gasteiger partial charge is 0.306 e. The van der Waals surface area contributed by atoms with Crippen LogP contribution in [-0.2, 0) is 32.5 Å². The molecule has 1 saturated carbocycles. The lowest BCUT2D eigenvalue weighted by atomic mass is 9.87. The fourth-order valence-corrected chi connectivity index (χ4v) is 7.93. The number of hydrogen-bond acceptors (Lipinski definition) is 6. The van der Waals surface area contributed by atoms with Crippen LogP contribution in [0.25, 0.3) is 10.9 Å². The van der Waals surface area contributed by atoms with Crippen LogP contribution < -0.4 is 5.32 Å². The molecule has 6 rings (SSSR count). The Hall–Kier alpha value is -3.44. The van der Waals surface area contributed by atoms with E-state index < -0.39 is 5.97 Å². The van der Waals surface area contributed by atoms with E-state index in [4.69, 9.17) is 21.1 Å². The maximum Gasteiger partial charge on any atom is 0.306 e. The molecular formula is C36H45ClN4O6. The van der Waals surface area contributed by atoms with E-state index in [9.17, 15) is 19.5 Å². The predicted octanol–water partition coefficient (Wildman–Crippen LogP) is 5.22. The second-order valence-electron chi connectivity index (χ2n) is 13.6. The number of fused-ring (bicyclic) bond motifs is 1. The molecule has 252 valence electrons. The molecule has 11 heteroatoms. The quantitative estimate of drug-likeness (QED) is 0.306. The third kappa shape index (κ3) is 7.36. The summed E-state index contributed by atoms with van der Waals surface area (Å²) in [6, 6.07) is 13.2. The molecule has 2 amide bonds. The number of likely N-dealkylation sites (tertiary alicyclic amines) is 2. The van der Waals surface area contributed by atoms with Crippen LogP contribution in [0.4, 0.5) is 5.69 Å². The van der Waals surface area contributed by atoms with Crippen molar-refractivity contribution in [1.82, 2.24) is 14.4 Å². The standard InChI is InChI=1S/C36H45ClN4O6/c1-22-17-40(20-33(22)46-3)25-16-26(21-47-27-11-9-24(10-12-27)36(44)45)41(18-25)34(42)15-23-8-13-31(30(37)14-23)38-35(43)29-19-39(2)32-7-5-4-6-28(29)32/h4-8,13-14,19,22,24-27,33H,9-12,15-18,20-21H2,1-3H3,(H,38,43)(H,44,45)/t22-,24-,25+,26+,27-,33+/m1/s1. The number of carbonyl (C=O) groups excluding carboxylic acids is 2. The number of carbonyl (C=O) groups is 3. The summed E-state index contributed by atoms with van der Waals surface area (Å²) < 4.78 is 14.0. The lowest BCUT2D eigenvalue weighted by Crippen LogP contribution is -2.41. The summed E-state index contributed by atoms with van der Waals surface area (Å²) in [5.74, 6) is -0.838. The minimum absolute atomic E-state index is 0.00910. The van der Waals surface area contributed by atoms with Gasteiger partial charge in [-0.1, -0.05) is 42.8 Å². The fraction of sp³-hybridized carbons (Fsp3) is 0.528. The number of rotatable bonds is 10. The number of anilines is 1. The zero-order chi connectivity index (χ0) is 33.2. The highest BCUT2D eigenvalue weighted by molar-refractivity contribution is 6.34. The van der Waals surface area contributed by atoms with E-state index in [0.717, 1.165) is 48.8 Å². The highest BCUT2D eigenvalue weighted by atomic mass is 35.5. The lowest BCUT2D eigenvalue weighted by Gasteiger charge is -2.30. The molecule has 3 heterocycles. The van der Waals surface area contributed by atoms with E-state index in [1.807, 2.05) is 53.0 Å². The number of carboxylic acids is 1. The first-order valence-corrected chi connectivity index (χ1v) is 17.0. The van der Waals surface area contributed by atoms with Crippen molar-refractivity contribution in [3.05, 3.63) is 64.8 Å². The van der Waals surface area contributed by atoms with Gasteiger partial charge in [-0.15, -0.1) is 0 Å². The molecule has 2 N–H and O–H groups in total. The predicted molar refractivity (Wildman–Crippen MR) is 181 cm³/mol. The van der Waals surface area contributed by atoms with E-state index in [2.05, 4.69) is 17.1 Å². The molecule has 3 aliphatic rings. The van der Waals surface area contributed by atoms with Crippen LogP contribution in [0.3, 0.4) is 0 Å². The molecule has 0 unspecified atom stereocenters. The summed E-state index contributed by atoms with van der Waals surface area (Å²) in [6.07, 6.45) is 5.70. The Balaban J connectivity index is 1.11. The lowest BCUT2D eigenvalue weighted by molar-refractivity contribution is -0.144. The van der Waals surface area contributed by atoms with E-state index in [1.54, 1.807) is 19.2 Å². The zero-order valence-corrected chi connectivity index (χ0v) is 28.1. The van der Waals surface area contributed by atoms with Crippen LogP contribution in [0.2, 0.25) is 5.02 Å².